The van der Waals surface area contributed by atoms with Crippen LogP contribution in [0.4, 0.5) is 0 Å². The molecule has 2 aliphatic carbocycles. The minimum Gasteiger partial charge on any atom is -0.298 e. The van der Waals surface area contributed by atoms with Crippen molar-refractivity contribution in [3.05, 3.63) is 33.9 Å². The van der Waals surface area contributed by atoms with Gasteiger partial charge in [0, 0.05) is 30.2 Å². The Labute approximate surface area is 148 Å². The molecule has 1 aromatic rings. The molecule has 0 aromatic heterocycles. The normalized spacial score (nSPS) is 25.4. The zero-order chi connectivity index (χ0) is 18.5. The van der Waals surface area contributed by atoms with Gasteiger partial charge in [0.05, 0.1) is 0 Å². The van der Waals surface area contributed by atoms with Crippen LogP contribution < -0.4 is 0 Å². The fraction of sp³-hybridized carbons (Fsp3) is 0.524. The summed E-state index contributed by atoms with van der Waals surface area (Å²) in [6, 6.07) is 2.03. The summed E-state index contributed by atoms with van der Waals surface area (Å²) in [5, 5.41) is 0. The first-order chi connectivity index (χ1) is 11.7. The van der Waals surface area contributed by atoms with Crippen LogP contribution in [0.5, 0.6) is 0 Å². The van der Waals surface area contributed by atoms with Crippen molar-refractivity contribution in [2.75, 3.05) is 0 Å². The fourth-order valence-corrected chi connectivity index (χ4v) is 5.07. The molecule has 25 heavy (non-hydrogen) atoms. The summed E-state index contributed by atoms with van der Waals surface area (Å²) in [4.78, 5) is 49.4. The molecule has 0 radical (unpaired) electrons. The number of carbonyl (C=O) groups is 4. The van der Waals surface area contributed by atoms with Gasteiger partial charge in [-0.3, -0.25) is 19.2 Å². The van der Waals surface area contributed by atoms with Crippen LogP contribution in [0.2, 0.25) is 0 Å². The van der Waals surface area contributed by atoms with Gasteiger partial charge in [-0.1, -0.05) is 13.0 Å². The number of Topliss-reactive ketones (excluding diaryl/α,β-unsaturated/α-hetero) is 4. The van der Waals surface area contributed by atoms with Crippen LogP contribution in [0.3, 0.4) is 0 Å². The Hall–Kier alpha value is -2.10. The minimum absolute atomic E-state index is 0.00681. The van der Waals surface area contributed by atoms with Crippen molar-refractivity contribution in [2.45, 2.75) is 65.2 Å². The zero-order valence-corrected chi connectivity index (χ0v) is 15.3. The molecule has 0 heterocycles. The number of benzene rings is 1. The smallest absolute Gasteiger partial charge is 0.160 e. The Morgan fingerprint density at radius 3 is 2.28 bits per heavy atom. The summed E-state index contributed by atoms with van der Waals surface area (Å²) in [7, 11) is 0. The summed E-state index contributed by atoms with van der Waals surface area (Å²) in [5.41, 5.74) is 4.17. The first-order valence-corrected chi connectivity index (χ1v) is 8.94. The molecule has 132 valence electrons. The van der Waals surface area contributed by atoms with E-state index < -0.39 is 11.3 Å². The van der Waals surface area contributed by atoms with Crippen LogP contribution in [0.25, 0.3) is 0 Å². The molecular formula is C21H24O4. The fourth-order valence-electron chi connectivity index (χ4n) is 5.07. The molecular weight excluding hydrogens is 316 g/mol. The second kappa shape index (κ2) is 6.01. The van der Waals surface area contributed by atoms with E-state index in [0.717, 1.165) is 35.1 Å². The molecule has 0 unspecified atom stereocenters. The van der Waals surface area contributed by atoms with Crippen molar-refractivity contribution in [1.82, 2.24) is 0 Å². The SMILES string of the molecule is CCC(=O)C1C(=O)CC2(CCc3cc(C)c(C(C)=O)c(C)c32)CC1=O. The van der Waals surface area contributed by atoms with Gasteiger partial charge in [0.25, 0.3) is 0 Å². The van der Waals surface area contributed by atoms with Crippen molar-refractivity contribution in [2.24, 2.45) is 5.92 Å². The van der Waals surface area contributed by atoms with Crippen LogP contribution in [0, 0.1) is 19.8 Å². The average Bonchev–Trinajstić information content (AvgIpc) is 2.83. The molecule has 0 saturated heterocycles. The number of ketones is 4. The van der Waals surface area contributed by atoms with Crippen LogP contribution in [-0.2, 0) is 26.2 Å². The van der Waals surface area contributed by atoms with E-state index in [2.05, 4.69) is 0 Å². The summed E-state index contributed by atoms with van der Waals surface area (Å²) >= 11 is 0. The van der Waals surface area contributed by atoms with E-state index in [-0.39, 0.29) is 42.4 Å². The van der Waals surface area contributed by atoms with Gasteiger partial charge in [-0.25, -0.2) is 0 Å². The number of rotatable bonds is 3. The zero-order valence-electron chi connectivity index (χ0n) is 15.3. The second-order valence-corrected chi connectivity index (χ2v) is 7.60. The van der Waals surface area contributed by atoms with E-state index in [0.29, 0.717) is 5.56 Å². The first-order valence-electron chi connectivity index (χ1n) is 8.94. The molecule has 1 spiro atoms. The number of hydrogen-bond donors (Lipinski definition) is 0. The predicted molar refractivity (Wildman–Crippen MR) is 94.0 cm³/mol. The van der Waals surface area contributed by atoms with Gasteiger partial charge in [-0.15, -0.1) is 0 Å². The van der Waals surface area contributed by atoms with Crippen molar-refractivity contribution >= 4 is 23.1 Å². The lowest BCUT2D eigenvalue weighted by Gasteiger charge is -2.37. The van der Waals surface area contributed by atoms with Gasteiger partial charge in [-0.05, 0) is 55.9 Å². The number of hydrogen-bond acceptors (Lipinski definition) is 4. The monoisotopic (exact) mass is 340 g/mol. The molecule has 0 amide bonds. The molecule has 1 fully saturated rings. The lowest BCUT2D eigenvalue weighted by atomic mass is 9.64. The van der Waals surface area contributed by atoms with E-state index in [9.17, 15) is 19.2 Å². The Bertz CT molecular complexity index is 798. The highest BCUT2D eigenvalue weighted by Gasteiger charge is 2.51. The standard InChI is InChI=1S/C21H24O4/c1-5-15(23)19-16(24)9-21(10-17(19)25)7-6-14-8-11(2)18(13(4)22)12(3)20(14)21/h8,19H,5-7,9-10H2,1-4H3. The minimum atomic E-state index is -1.07. The molecule has 0 atom stereocenters. The van der Waals surface area contributed by atoms with E-state index in [4.69, 9.17) is 0 Å². The molecule has 1 saturated carbocycles. The maximum Gasteiger partial charge on any atom is 0.160 e. The molecule has 2 aliphatic rings. The molecule has 0 aliphatic heterocycles. The lowest BCUT2D eigenvalue weighted by Crippen LogP contribution is -2.45. The number of aryl methyl sites for hydroxylation is 2. The highest BCUT2D eigenvalue weighted by molar-refractivity contribution is 6.21. The molecule has 3 rings (SSSR count). The maximum atomic E-state index is 12.7. The van der Waals surface area contributed by atoms with Crippen molar-refractivity contribution in [3.63, 3.8) is 0 Å². The molecule has 4 heteroatoms. The van der Waals surface area contributed by atoms with Crippen molar-refractivity contribution in [3.8, 4) is 0 Å². The molecule has 0 bridgehead atoms. The Balaban J connectivity index is 2.10. The van der Waals surface area contributed by atoms with E-state index in [1.807, 2.05) is 19.9 Å². The van der Waals surface area contributed by atoms with Gasteiger partial charge in [0.15, 0.2) is 23.1 Å². The first kappa shape index (κ1) is 17.7. The molecule has 4 nitrogen and oxygen atoms in total. The second-order valence-electron chi connectivity index (χ2n) is 7.60. The van der Waals surface area contributed by atoms with Crippen LogP contribution in [0.1, 0.15) is 72.1 Å². The highest BCUT2D eigenvalue weighted by atomic mass is 16.2. The average molecular weight is 340 g/mol. The Morgan fingerprint density at radius 2 is 1.76 bits per heavy atom. The van der Waals surface area contributed by atoms with E-state index in [1.54, 1.807) is 13.8 Å². The molecule has 1 aromatic carbocycles. The van der Waals surface area contributed by atoms with Gasteiger partial charge < -0.3 is 0 Å². The molecule has 0 N–H and O–H groups in total. The third-order valence-electron chi connectivity index (χ3n) is 5.95. The highest BCUT2D eigenvalue weighted by Crippen LogP contribution is 2.50. The van der Waals surface area contributed by atoms with Gasteiger partial charge >= 0.3 is 0 Å². The number of carbonyl (C=O) groups excluding carboxylic acids is 4. The quantitative estimate of drug-likeness (QED) is 0.626. The predicted octanol–water partition coefficient (Wildman–Crippen LogP) is 3.22. The van der Waals surface area contributed by atoms with Gasteiger partial charge in [-0.2, -0.15) is 0 Å². The third kappa shape index (κ3) is 2.59. The topological polar surface area (TPSA) is 68.3 Å². The van der Waals surface area contributed by atoms with Gasteiger partial charge in [0.1, 0.15) is 5.92 Å². The summed E-state index contributed by atoms with van der Waals surface area (Å²) in [6.45, 7) is 7.09. The van der Waals surface area contributed by atoms with Crippen LogP contribution in [-0.4, -0.2) is 23.1 Å². The van der Waals surface area contributed by atoms with Gasteiger partial charge in [0.2, 0.25) is 0 Å². The third-order valence-corrected chi connectivity index (χ3v) is 5.95. The lowest BCUT2D eigenvalue weighted by molar-refractivity contribution is -0.144. The maximum absolute atomic E-state index is 12.7. The number of fused-ring (bicyclic) bond motifs is 2. The largest absolute Gasteiger partial charge is 0.298 e. The van der Waals surface area contributed by atoms with Crippen molar-refractivity contribution < 1.29 is 19.2 Å². The van der Waals surface area contributed by atoms with Crippen LogP contribution >= 0.6 is 0 Å². The Morgan fingerprint density at radius 1 is 1.16 bits per heavy atom. The van der Waals surface area contributed by atoms with Crippen molar-refractivity contribution in [1.29, 1.82) is 0 Å². The van der Waals surface area contributed by atoms with E-state index >= 15 is 0 Å². The summed E-state index contributed by atoms with van der Waals surface area (Å²) < 4.78 is 0. The summed E-state index contributed by atoms with van der Waals surface area (Å²) in [5.74, 6) is -1.83. The summed E-state index contributed by atoms with van der Waals surface area (Å²) in [6.07, 6.45) is 2.20. The van der Waals surface area contributed by atoms with E-state index in [1.165, 1.54) is 0 Å². The van der Waals surface area contributed by atoms with Crippen LogP contribution in [0.15, 0.2) is 6.07 Å². The Kier molecular flexibility index (Phi) is 4.26.